The van der Waals surface area contributed by atoms with Gasteiger partial charge in [0.1, 0.15) is 12.4 Å². The average molecular weight is 285 g/mol. The molecule has 21 heavy (non-hydrogen) atoms. The lowest BCUT2D eigenvalue weighted by molar-refractivity contribution is 0.326. The zero-order valence-corrected chi connectivity index (χ0v) is 12.4. The molecule has 0 fully saturated rings. The Morgan fingerprint density at radius 2 is 1.86 bits per heavy atom. The minimum Gasteiger partial charge on any atom is -0.492 e. The molecule has 0 heterocycles. The Morgan fingerprint density at radius 3 is 2.57 bits per heavy atom. The number of para-hydroxylation sites is 1. The van der Waals surface area contributed by atoms with E-state index in [2.05, 4.69) is 24.0 Å². The van der Waals surface area contributed by atoms with E-state index in [1.807, 2.05) is 19.2 Å². The molecular weight excluding hydrogens is 265 g/mol. The Morgan fingerprint density at radius 1 is 1.10 bits per heavy atom. The maximum absolute atomic E-state index is 9.13. The van der Waals surface area contributed by atoms with Crippen LogP contribution < -0.4 is 15.1 Å². The topological polar surface area (TPSA) is 52.9 Å². The second-order valence-electron chi connectivity index (χ2n) is 5.00. The monoisotopic (exact) mass is 285 g/mol. The lowest BCUT2D eigenvalue weighted by Gasteiger charge is -2.21. The molecule has 0 unspecified atom stereocenters. The highest BCUT2D eigenvalue weighted by Gasteiger charge is 2.11. The minimum absolute atomic E-state index is 0.430. The third kappa shape index (κ3) is 4.24. The van der Waals surface area contributed by atoms with Gasteiger partial charge in [-0.05, 0) is 36.1 Å². The number of nitrogens with zero attached hydrogens (tertiary/aromatic N) is 1. The number of aryl methyl sites for hydroxylation is 1. The van der Waals surface area contributed by atoms with Gasteiger partial charge in [-0.25, -0.2) is 0 Å². The molecule has 2 aromatic carbocycles. The smallest absolute Gasteiger partial charge is 0.488 e. The first kappa shape index (κ1) is 15.4. The maximum atomic E-state index is 9.13. The second kappa shape index (κ2) is 7.15. The fourth-order valence-electron chi connectivity index (χ4n) is 2.18. The molecule has 0 bridgehead atoms. The van der Waals surface area contributed by atoms with Gasteiger partial charge in [0, 0.05) is 12.7 Å². The number of hydrogen-bond acceptors (Lipinski definition) is 4. The van der Waals surface area contributed by atoms with E-state index in [-0.39, 0.29) is 0 Å². The Labute approximate surface area is 125 Å². The summed E-state index contributed by atoms with van der Waals surface area (Å²) in [6.45, 7) is 3.35. The number of anilines is 1. The molecular formula is C16H20BNO3. The molecule has 0 atom stereocenters. The summed E-state index contributed by atoms with van der Waals surface area (Å²) in [6, 6.07) is 15.0. The number of hydrogen-bond donors (Lipinski definition) is 2. The molecule has 2 N–H and O–H groups in total. The lowest BCUT2D eigenvalue weighted by atomic mass is 9.80. The number of likely N-dealkylation sites (N-methyl/N-ethyl adjacent to an activating group) is 1. The van der Waals surface area contributed by atoms with E-state index >= 15 is 0 Å². The lowest BCUT2D eigenvalue weighted by Crippen LogP contribution is -2.30. The van der Waals surface area contributed by atoms with Crippen LogP contribution in [0.3, 0.4) is 0 Å². The van der Waals surface area contributed by atoms with Gasteiger partial charge in [-0.1, -0.05) is 30.3 Å². The largest absolute Gasteiger partial charge is 0.492 e. The summed E-state index contributed by atoms with van der Waals surface area (Å²) in [5, 5.41) is 18.3. The Bertz CT molecular complexity index is 589. The van der Waals surface area contributed by atoms with Crippen LogP contribution in [0.25, 0.3) is 0 Å². The van der Waals surface area contributed by atoms with Gasteiger partial charge in [-0.2, -0.15) is 0 Å². The molecule has 2 aromatic rings. The van der Waals surface area contributed by atoms with Gasteiger partial charge in [-0.3, -0.25) is 0 Å². The second-order valence-corrected chi connectivity index (χ2v) is 5.00. The fourth-order valence-corrected chi connectivity index (χ4v) is 2.18. The van der Waals surface area contributed by atoms with Crippen LogP contribution in [-0.2, 0) is 0 Å². The van der Waals surface area contributed by atoms with Gasteiger partial charge in [-0.15, -0.1) is 0 Å². The molecule has 0 saturated carbocycles. The predicted octanol–water partition coefficient (Wildman–Crippen LogP) is 1.19. The van der Waals surface area contributed by atoms with Crippen molar-refractivity contribution in [1.29, 1.82) is 0 Å². The van der Waals surface area contributed by atoms with Gasteiger partial charge in [0.15, 0.2) is 0 Å². The molecule has 0 aliphatic heterocycles. The molecule has 4 nitrogen and oxygen atoms in total. The van der Waals surface area contributed by atoms with E-state index in [1.54, 1.807) is 24.3 Å². The van der Waals surface area contributed by atoms with Crippen molar-refractivity contribution < 1.29 is 14.8 Å². The van der Waals surface area contributed by atoms with Crippen molar-refractivity contribution in [2.45, 2.75) is 6.92 Å². The first-order valence-corrected chi connectivity index (χ1v) is 6.93. The number of ether oxygens (including phenoxy) is 1. The molecule has 0 radical (unpaired) electrons. The molecule has 0 aliphatic carbocycles. The standard InChI is InChI=1S/C16H20BNO3/c1-13-6-3-4-9-16(13)18(2)10-11-21-15-8-5-7-14(12-15)17(19)20/h3-9,12,19-20H,10-11H2,1-2H3. The van der Waals surface area contributed by atoms with Crippen LogP contribution in [0.4, 0.5) is 5.69 Å². The van der Waals surface area contributed by atoms with Crippen LogP contribution in [0.15, 0.2) is 48.5 Å². The predicted molar refractivity (Wildman–Crippen MR) is 86.2 cm³/mol. The van der Waals surface area contributed by atoms with Gasteiger partial charge < -0.3 is 19.7 Å². The zero-order valence-electron chi connectivity index (χ0n) is 12.4. The fraction of sp³-hybridized carbons (Fsp3) is 0.250. The van der Waals surface area contributed by atoms with Crippen LogP contribution in [0.2, 0.25) is 0 Å². The Balaban J connectivity index is 1.90. The molecule has 0 amide bonds. The van der Waals surface area contributed by atoms with E-state index < -0.39 is 7.12 Å². The third-order valence-electron chi connectivity index (χ3n) is 3.38. The summed E-state index contributed by atoms with van der Waals surface area (Å²) >= 11 is 0. The summed E-state index contributed by atoms with van der Waals surface area (Å²) in [6.07, 6.45) is 0. The van der Waals surface area contributed by atoms with E-state index in [1.165, 1.54) is 11.3 Å². The van der Waals surface area contributed by atoms with Crippen molar-refractivity contribution in [3.8, 4) is 5.75 Å². The highest BCUT2D eigenvalue weighted by atomic mass is 16.5. The van der Waals surface area contributed by atoms with Crippen molar-refractivity contribution in [2.75, 3.05) is 25.1 Å². The quantitative estimate of drug-likeness (QED) is 0.783. The van der Waals surface area contributed by atoms with E-state index in [9.17, 15) is 0 Å². The van der Waals surface area contributed by atoms with Crippen molar-refractivity contribution in [3.05, 3.63) is 54.1 Å². The molecule has 0 aliphatic rings. The van der Waals surface area contributed by atoms with Crippen molar-refractivity contribution in [3.63, 3.8) is 0 Å². The van der Waals surface area contributed by atoms with Crippen LogP contribution in [0, 0.1) is 6.92 Å². The molecule has 0 aromatic heterocycles. The minimum atomic E-state index is -1.47. The van der Waals surface area contributed by atoms with Crippen LogP contribution in [-0.4, -0.2) is 37.4 Å². The molecule has 110 valence electrons. The SMILES string of the molecule is Cc1ccccc1N(C)CCOc1cccc(B(O)O)c1. The van der Waals surface area contributed by atoms with Crippen molar-refractivity contribution in [1.82, 2.24) is 0 Å². The maximum Gasteiger partial charge on any atom is 0.488 e. The van der Waals surface area contributed by atoms with Gasteiger partial charge in [0.25, 0.3) is 0 Å². The highest BCUT2D eigenvalue weighted by Crippen LogP contribution is 2.17. The van der Waals surface area contributed by atoms with E-state index in [0.29, 0.717) is 17.8 Å². The van der Waals surface area contributed by atoms with Crippen LogP contribution >= 0.6 is 0 Å². The average Bonchev–Trinajstić information content (AvgIpc) is 2.48. The summed E-state index contributed by atoms with van der Waals surface area (Å²) < 4.78 is 5.66. The Kier molecular flexibility index (Phi) is 5.25. The normalized spacial score (nSPS) is 10.3. The van der Waals surface area contributed by atoms with Crippen molar-refractivity contribution >= 4 is 18.3 Å². The Hall–Kier alpha value is -1.98. The van der Waals surface area contributed by atoms with E-state index in [0.717, 1.165) is 6.54 Å². The molecule has 2 rings (SSSR count). The van der Waals surface area contributed by atoms with Gasteiger partial charge in [0.05, 0.1) is 6.54 Å². The summed E-state index contributed by atoms with van der Waals surface area (Å²) in [4.78, 5) is 2.14. The highest BCUT2D eigenvalue weighted by molar-refractivity contribution is 6.58. The first-order chi connectivity index (χ1) is 10.1. The molecule has 0 spiro atoms. The van der Waals surface area contributed by atoms with Gasteiger partial charge >= 0.3 is 7.12 Å². The van der Waals surface area contributed by atoms with Crippen LogP contribution in [0.1, 0.15) is 5.56 Å². The van der Waals surface area contributed by atoms with Gasteiger partial charge in [0.2, 0.25) is 0 Å². The number of benzene rings is 2. The van der Waals surface area contributed by atoms with Crippen molar-refractivity contribution in [2.24, 2.45) is 0 Å². The zero-order chi connectivity index (χ0) is 15.2. The summed E-state index contributed by atoms with van der Waals surface area (Å²) in [5.74, 6) is 0.638. The molecule has 5 heteroatoms. The molecule has 0 saturated heterocycles. The number of rotatable bonds is 6. The van der Waals surface area contributed by atoms with Crippen LogP contribution in [0.5, 0.6) is 5.75 Å². The third-order valence-corrected chi connectivity index (χ3v) is 3.38. The summed E-state index contributed by atoms with van der Waals surface area (Å²) in [5.41, 5.74) is 2.84. The summed E-state index contributed by atoms with van der Waals surface area (Å²) in [7, 11) is 0.558. The van der Waals surface area contributed by atoms with E-state index in [4.69, 9.17) is 14.8 Å². The first-order valence-electron chi connectivity index (χ1n) is 6.93.